The zero-order valence-electron chi connectivity index (χ0n) is 10.6. The lowest BCUT2D eigenvalue weighted by atomic mass is 9.81. The van der Waals surface area contributed by atoms with Gasteiger partial charge in [-0.1, -0.05) is 0 Å². The minimum Gasteiger partial charge on any atom is -0.384 e. The first-order valence-corrected chi connectivity index (χ1v) is 6.20. The van der Waals surface area contributed by atoms with E-state index in [0.29, 0.717) is 32.2 Å². The van der Waals surface area contributed by atoms with Gasteiger partial charge in [0.1, 0.15) is 12.2 Å². The normalized spacial score (nSPS) is 26.2. The molecule has 2 rings (SSSR count). The third-order valence-corrected chi connectivity index (χ3v) is 3.67. The van der Waals surface area contributed by atoms with Crippen LogP contribution in [0.15, 0.2) is 0 Å². The van der Waals surface area contributed by atoms with E-state index < -0.39 is 0 Å². The Morgan fingerprint density at radius 1 is 1.53 bits per heavy atom. The van der Waals surface area contributed by atoms with Crippen molar-refractivity contribution >= 4 is 5.91 Å². The van der Waals surface area contributed by atoms with Gasteiger partial charge < -0.3 is 19.1 Å². The van der Waals surface area contributed by atoms with Crippen molar-refractivity contribution in [2.24, 2.45) is 5.92 Å². The number of amides is 1. The molecule has 2 aliphatic heterocycles. The third-order valence-electron chi connectivity index (χ3n) is 3.67. The molecule has 0 aliphatic carbocycles. The van der Waals surface area contributed by atoms with E-state index >= 15 is 0 Å². The number of hydrogen-bond donors (Lipinski definition) is 0. The topological polar surface area (TPSA) is 48.0 Å². The fraction of sp³-hybridized carbons (Fsp3) is 0.917. The van der Waals surface area contributed by atoms with Crippen molar-refractivity contribution in [3.05, 3.63) is 0 Å². The molecule has 0 unspecified atom stereocenters. The Morgan fingerprint density at radius 2 is 2.29 bits per heavy atom. The number of ether oxygens (including phenoxy) is 3. The Bertz CT molecular complexity index is 276. The van der Waals surface area contributed by atoms with E-state index in [9.17, 15) is 4.79 Å². The Hall–Kier alpha value is -0.650. The van der Waals surface area contributed by atoms with Crippen molar-refractivity contribution < 1.29 is 19.0 Å². The van der Waals surface area contributed by atoms with E-state index in [4.69, 9.17) is 14.2 Å². The lowest BCUT2D eigenvalue weighted by Crippen LogP contribution is -2.67. The fourth-order valence-corrected chi connectivity index (χ4v) is 2.63. The molecule has 1 spiro atoms. The molecule has 0 aromatic heterocycles. The maximum atomic E-state index is 11.7. The first-order chi connectivity index (χ1) is 8.22. The van der Waals surface area contributed by atoms with Crippen LogP contribution in [0.1, 0.15) is 13.3 Å². The summed E-state index contributed by atoms with van der Waals surface area (Å²) in [4.78, 5) is 13.5. The zero-order chi connectivity index (χ0) is 12.3. The van der Waals surface area contributed by atoms with Gasteiger partial charge in [-0.05, 0) is 13.3 Å². The third kappa shape index (κ3) is 2.46. The van der Waals surface area contributed by atoms with Gasteiger partial charge in [0.15, 0.2) is 0 Å². The summed E-state index contributed by atoms with van der Waals surface area (Å²) in [6.45, 7) is 5.52. The van der Waals surface area contributed by atoms with Crippen LogP contribution in [-0.4, -0.2) is 63.0 Å². The van der Waals surface area contributed by atoms with Crippen molar-refractivity contribution in [2.75, 3.05) is 46.6 Å². The lowest BCUT2D eigenvalue weighted by Gasteiger charge is -2.50. The number of hydrogen-bond acceptors (Lipinski definition) is 4. The molecule has 1 amide bonds. The van der Waals surface area contributed by atoms with Crippen LogP contribution in [0.3, 0.4) is 0 Å². The summed E-state index contributed by atoms with van der Waals surface area (Å²) in [5.74, 6) is 0.479. The predicted molar refractivity (Wildman–Crippen MR) is 61.7 cm³/mol. The first kappa shape index (κ1) is 12.8. The van der Waals surface area contributed by atoms with Gasteiger partial charge in [0, 0.05) is 26.2 Å². The molecule has 17 heavy (non-hydrogen) atoms. The van der Waals surface area contributed by atoms with Gasteiger partial charge in [0.2, 0.25) is 5.91 Å². The molecule has 98 valence electrons. The predicted octanol–water partition coefficient (Wildman–Crippen LogP) is 0.287. The average Bonchev–Trinajstić information content (AvgIpc) is 2.68. The Kier molecular flexibility index (Phi) is 4.01. The molecular formula is C12H21NO4. The summed E-state index contributed by atoms with van der Waals surface area (Å²) in [5.41, 5.74) is -0.141. The van der Waals surface area contributed by atoms with Crippen molar-refractivity contribution in [3.8, 4) is 0 Å². The van der Waals surface area contributed by atoms with Crippen molar-refractivity contribution in [2.45, 2.75) is 18.9 Å². The number of methoxy groups -OCH3 is 1. The fourth-order valence-electron chi connectivity index (χ4n) is 2.63. The number of likely N-dealkylation sites (tertiary alicyclic amines) is 1. The molecule has 2 heterocycles. The van der Waals surface area contributed by atoms with Crippen molar-refractivity contribution in [1.82, 2.24) is 4.90 Å². The van der Waals surface area contributed by atoms with Gasteiger partial charge in [0.25, 0.3) is 0 Å². The van der Waals surface area contributed by atoms with E-state index in [1.54, 1.807) is 7.11 Å². The zero-order valence-corrected chi connectivity index (χ0v) is 10.6. The molecule has 5 nitrogen and oxygen atoms in total. The van der Waals surface area contributed by atoms with Gasteiger partial charge in [0.05, 0.1) is 19.7 Å². The van der Waals surface area contributed by atoms with Crippen LogP contribution in [0, 0.1) is 5.92 Å². The maximum absolute atomic E-state index is 11.7. The molecule has 5 heteroatoms. The van der Waals surface area contributed by atoms with Crippen molar-refractivity contribution in [3.63, 3.8) is 0 Å². The van der Waals surface area contributed by atoms with Crippen LogP contribution >= 0.6 is 0 Å². The van der Waals surface area contributed by atoms with E-state index in [1.165, 1.54) is 0 Å². The molecular weight excluding hydrogens is 222 g/mol. The number of rotatable bonds is 5. The van der Waals surface area contributed by atoms with Gasteiger partial charge in [-0.3, -0.25) is 4.79 Å². The molecule has 1 atom stereocenters. The SMILES string of the molecule is CCOCC(=O)N1CC2(C1)OCC[C@H]2COC. The Morgan fingerprint density at radius 3 is 2.94 bits per heavy atom. The van der Waals surface area contributed by atoms with E-state index in [2.05, 4.69) is 0 Å². The van der Waals surface area contributed by atoms with E-state index in [0.717, 1.165) is 13.0 Å². The quantitative estimate of drug-likeness (QED) is 0.696. The maximum Gasteiger partial charge on any atom is 0.248 e. The molecule has 2 saturated heterocycles. The van der Waals surface area contributed by atoms with Gasteiger partial charge >= 0.3 is 0 Å². The van der Waals surface area contributed by atoms with Crippen LogP contribution in [0.4, 0.5) is 0 Å². The smallest absolute Gasteiger partial charge is 0.248 e. The molecule has 0 bridgehead atoms. The second kappa shape index (κ2) is 5.33. The summed E-state index contributed by atoms with van der Waals surface area (Å²) in [6.07, 6.45) is 1.03. The van der Waals surface area contributed by atoms with Crippen LogP contribution in [0.2, 0.25) is 0 Å². The highest BCUT2D eigenvalue weighted by Gasteiger charge is 2.54. The molecule has 0 radical (unpaired) electrons. The molecule has 0 aromatic carbocycles. The first-order valence-electron chi connectivity index (χ1n) is 6.20. The van der Waals surface area contributed by atoms with Crippen LogP contribution < -0.4 is 0 Å². The van der Waals surface area contributed by atoms with Gasteiger partial charge in [-0.2, -0.15) is 0 Å². The van der Waals surface area contributed by atoms with Gasteiger partial charge in [-0.25, -0.2) is 0 Å². The molecule has 2 fully saturated rings. The monoisotopic (exact) mass is 243 g/mol. The summed E-state index contributed by atoms with van der Waals surface area (Å²) in [6, 6.07) is 0. The van der Waals surface area contributed by atoms with E-state index in [-0.39, 0.29) is 18.1 Å². The molecule has 0 N–H and O–H groups in total. The van der Waals surface area contributed by atoms with Gasteiger partial charge in [-0.15, -0.1) is 0 Å². The summed E-state index contributed by atoms with van der Waals surface area (Å²) < 4.78 is 16.1. The lowest BCUT2D eigenvalue weighted by molar-refractivity contribution is -0.171. The number of carbonyl (C=O) groups excluding carboxylic acids is 1. The Labute approximate surface area is 102 Å². The average molecular weight is 243 g/mol. The van der Waals surface area contributed by atoms with Crippen LogP contribution in [0.25, 0.3) is 0 Å². The largest absolute Gasteiger partial charge is 0.384 e. The second-order valence-electron chi connectivity index (χ2n) is 4.74. The molecule has 0 saturated carbocycles. The number of nitrogens with zero attached hydrogens (tertiary/aromatic N) is 1. The minimum absolute atomic E-state index is 0.0594. The second-order valence-corrected chi connectivity index (χ2v) is 4.74. The highest BCUT2D eigenvalue weighted by molar-refractivity contribution is 5.78. The summed E-state index contributed by atoms with van der Waals surface area (Å²) >= 11 is 0. The molecule has 2 aliphatic rings. The highest BCUT2D eigenvalue weighted by Crippen LogP contribution is 2.39. The molecule has 0 aromatic rings. The van der Waals surface area contributed by atoms with Crippen molar-refractivity contribution in [1.29, 1.82) is 0 Å². The summed E-state index contributed by atoms with van der Waals surface area (Å²) in [7, 11) is 1.71. The minimum atomic E-state index is -0.141. The highest BCUT2D eigenvalue weighted by atomic mass is 16.5. The summed E-state index contributed by atoms with van der Waals surface area (Å²) in [5, 5.41) is 0. The van der Waals surface area contributed by atoms with E-state index in [1.807, 2.05) is 11.8 Å². The van der Waals surface area contributed by atoms with Crippen LogP contribution in [0.5, 0.6) is 0 Å². The standard InChI is InChI=1S/C12H21NO4/c1-3-16-7-11(14)13-8-12(9-13)10(6-15-2)4-5-17-12/h10H,3-9H2,1-2H3/t10-/m0/s1. The Balaban J connectivity index is 1.82. The number of carbonyl (C=O) groups is 1. The van der Waals surface area contributed by atoms with Crippen LogP contribution in [-0.2, 0) is 19.0 Å².